The van der Waals surface area contributed by atoms with Crippen molar-refractivity contribution in [2.75, 3.05) is 39.1 Å². The minimum atomic E-state index is -3.67. The first-order chi connectivity index (χ1) is 13.8. The summed E-state index contributed by atoms with van der Waals surface area (Å²) in [6.45, 7) is 3.02. The van der Waals surface area contributed by atoms with Crippen LogP contribution in [-0.4, -0.2) is 57.3 Å². The highest BCUT2D eigenvalue weighted by Crippen LogP contribution is 2.34. The van der Waals surface area contributed by atoms with Crippen LogP contribution in [0, 0.1) is 0 Å². The number of hydrogen-bond acceptors (Lipinski definition) is 6. The van der Waals surface area contributed by atoms with Gasteiger partial charge in [0, 0.05) is 31.2 Å². The summed E-state index contributed by atoms with van der Waals surface area (Å²) in [4.78, 5) is 16.0. The van der Waals surface area contributed by atoms with Crippen molar-refractivity contribution in [3.8, 4) is 5.75 Å². The van der Waals surface area contributed by atoms with Gasteiger partial charge < -0.3 is 15.0 Å². The van der Waals surface area contributed by atoms with E-state index in [0.717, 1.165) is 23.7 Å². The smallest absolute Gasteiger partial charge is 0.246 e. The average molecular weight is 438 g/mol. The van der Waals surface area contributed by atoms with Crippen LogP contribution >= 0.6 is 11.3 Å². The molecule has 1 unspecified atom stereocenters. The molecular formula is C20H27N3O4S2. The molecule has 0 radical (unpaired) electrons. The SMILES string of the molecule is CCOc1ccc(NCC(=O)N2CCCC2c2cccs2)cc1S(=O)(=O)N(C)C. The minimum absolute atomic E-state index is 0.00630. The topological polar surface area (TPSA) is 79.0 Å². The number of thiophene rings is 1. The molecule has 3 rings (SSSR count). The van der Waals surface area contributed by atoms with Gasteiger partial charge in [-0.1, -0.05) is 6.07 Å². The van der Waals surface area contributed by atoms with E-state index in [9.17, 15) is 13.2 Å². The Morgan fingerprint density at radius 3 is 2.79 bits per heavy atom. The number of anilines is 1. The predicted molar refractivity (Wildman–Crippen MR) is 115 cm³/mol. The van der Waals surface area contributed by atoms with Crippen molar-refractivity contribution in [1.82, 2.24) is 9.21 Å². The molecule has 7 nitrogen and oxygen atoms in total. The van der Waals surface area contributed by atoms with E-state index in [1.807, 2.05) is 16.3 Å². The molecule has 9 heteroatoms. The first-order valence-corrected chi connectivity index (χ1v) is 11.9. The zero-order chi connectivity index (χ0) is 21.0. The van der Waals surface area contributed by atoms with Crippen LogP contribution < -0.4 is 10.1 Å². The number of nitrogens with zero attached hydrogens (tertiary/aromatic N) is 2. The Kier molecular flexibility index (Phi) is 6.81. The van der Waals surface area contributed by atoms with E-state index >= 15 is 0 Å². The molecule has 2 aromatic rings. The van der Waals surface area contributed by atoms with E-state index in [1.165, 1.54) is 25.0 Å². The van der Waals surface area contributed by atoms with Gasteiger partial charge in [-0.3, -0.25) is 4.79 Å². The fraction of sp³-hybridized carbons (Fsp3) is 0.450. The highest BCUT2D eigenvalue weighted by molar-refractivity contribution is 7.89. The van der Waals surface area contributed by atoms with Crippen LogP contribution in [0.3, 0.4) is 0 Å². The molecule has 1 aromatic carbocycles. The van der Waals surface area contributed by atoms with Crippen LogP contribution in [0.2, 0.25) is 0 Å². The Bertz CT molecular complexity index is 943. The van der Waals surface area contributed by atoms with Gasteiger partial charge in [0.1, 0.15) is 10.6 Å². The molecule has 0 bridgehead atoms. The lowest BCUT2D eigenvalue weighted by Crippen LogP contribution is -2.34. The molecule has 1 aromatic heterocycles. The number of nitrogens with one attached hydrogen (secondary N) is 1. The Hall–Kier alpha value is -2.10. The number of rotatable bonds is 8. The lowest BCUT2D eigenvalue weighted by molar-refractivity contribution is -0.130. The van der Waals surface area contributed by atoms with Gasteiger partial charge >= 0.3 is 0 Å². The molecule has 158 valence electrons. The third-order valence-electron chi connectivity index (χ3n) is 4.89. The third kappa shape index (κ3) is 4.73. The highest BCUT2D eigenvalue weighted by Gasteiger charge is 2.30. The molecule has 0 saturated carbocycles. The monoisotopic (exact) mass is 437 g/mol. The fourth-order valence-electron chi connectivity index (χ4n) is 3.41. The second kappa shape index (κ2) is 9.15. The average Bonchev–Trinajstić information content (AvgIpc) is 3.38. The van der Waals surface area contributed by atoms with E-state index in [0.29, 0.717) is 18.0 Å². The maximum absolute atomic E-state index is 12.8. The Morgan fingerprint density at radius 2 is 2.14 bits per heavy atom. The Balaban J connectivity index is 1.74. The maximum atomic E-state index is 12.8. The van der Waals surface area contributed by atoms with Crippen LogP contribution in [0.25, 0.3) is 0 Å². The predicted octanol–water partition coefficient (Wildman–Crippen LogP) is 3.17. The normalized spacial score (nSPS) is 17.0. The molecule has 1 N–H and O–H groups in total. The molecule has 1 atom stereocenters. The van der Waals surface area contributed by atoms with Gasteiger partial charge in [-0.2, -0.15) is 0 Å². The van der Waals surface area contributed by atoms with Gasteiger partial charge in [-0.25, -0.2) is 12.7 Å². The van der Waals surface area contributed by atoms with Gasteiger partial charge in [-0.05, 0) is 49.4 Å². The van der Waals surface area contributed by atoms with E-state index in [1.54, 1.807) is 30.4 Å². The second-order valence-corrected chi connectivity index (χ2v) is 10.1. The number of carbonyl (C=O) groups is 1. The summed E-state index contributed by atoms with van der Waals surface area (Å²) in [5, 5.41) is 5.11. The van der Waals surface area contributed by atoms with E-state index in [2.05, 4.69) is 11.4 Å². The van der Waals surface area contributed by atoms with Gasteiger partial charge in [0.25, 0.3) is 0 Å². The number of carbonyl (C=O) groups excluding carboxylic acids is 1. The summed E-state index contributed by atoms with van der Waals surface area (Å²) in [7, 11) is -0.713. The second-order valence-electron chi connectivity index (χ2n) is 7.00. The van der Waals surface area contributed by atoms with Crippen LogP contribution in [0.4, 0.5) is 5.69 Å². The highest BCUT2D eigenvalue weighted by atomic mass is 32.2. The fourth-order valence-corrected chi connectivity index (χ4v) is 5.34. The molecule has 2 heterocycles. The molecule has 1 aliphatic rings. The first-order valence-electron chi connectivity index (χ1n) is 9.60. The number of ether oxygens (including phenoxy) is 1. The molecule has 0 aliphatic carbocycles. The van der Waals surface area contributed by atoms with E-state index in [-0.39, 0.29) is 23.4 Å². The maximum Gasteiger partial charge on any atom is 0.246 e. The van der Waals surface area contributed by atoms with Crippen LogP contribution in [0.15, 0.2) is 40.6 Å². The van der Waals surface area contributed by atoms with Gasteiger partial charge in [0.05, 0.1) is 19.2 Å². The first kappa shape index (κ1) is 21.6. The zero-order valence-electron chi connectivity index (χ0n) is 16.9. The van der Waals surface area contributed by atoms with Gasteiger partial charge in [0.2, 0.25) is 15.9 Å². The Labute approximate surface area is 176 Å². The standard InChI is InChI=1S/C20H27N3O4S2/c1-4-27-17-10-9-15(13-19(17)29(25,26)22(2)3)21-14-20(24)23-11-5-7-16(23)18-8-6-12-28-18/h6,8-10,12-13,16,21H,4-5,7,11,14H2,1-3H3. The van der Waals surface area contributed by atoms with Crippen molar-refractivity contribution in [1.29, 1.82) is 0 Å². The Morgan fingerprint density at radius 1 is 1.34 bits per heavy atom. The number of likely N-dealkylation sites (tertiary alicyclic amines) is 1. The van der Waals surface area contributed by atoms with Crippen molar-refractivity contribution in [3.63, 3.8) is 0 Å². The number of sulfonamides is 1. The van der Waals surface area contributed by atoms with E-state index < -0.39 is 10.0 Å². The summed E-state index contributed by atoms with van der Waals surface area (Å²) in [5.41, 5.74) is 0.564. The minimum Gasteiger partial charge on any atom is -0.492 e. The molecule has 1 saturated heterocycles. The van der Waals surface area contributed by atoms with Crippen LogP contribution in [0.1, 0.15) is 30.7 Å². The lowest BCUT2D eigenvalue weighted by Gasteiger charge is -2.24. The molecule has 1 fully saturated rings. The van der Waals surface area contributed by atoms with Gasteiger partial charge in [-0.15, -0.1) is 11.3 Å². The van der Waals surface area contributed by atoms with E-state index in [4.69, 9.17) is 4.74 Å². The molecular weight excluding hydrogens is 410 g/mol. The van der Waals surface area contributed by atoms with Crippen molar-refractivity contribution in [3.05, 3.63) is 40.6 Å². The summed E-state index contributed by atoms with van der Waals surface area (Å²) in [5.74, 6) is 0.308. The molecule has 1 aliphatic heterocycles. The van der Waals surface area contributed by atoms with Gasteiger partial charge in [0.15, 0.2) is 0 Å². The number of amides is 1. The van der Waals surface area contributed by atoms with Crippen LogP contribution in [-0.2, 0) is 14.8 Å². The molecule has 29 heavy (non-hydrogen) atoms. The summed E-state index contributed by atoms with van der Waals surface area (Å²) in [6, 6.07) is 9.08. The molecule has 0 spiro atoms. The largest absolute Gasteiger partial charge is 0.492 e. The van der Waals surface area contributed by atoms with Crippen molar-refractivity contribution >= 4 is 33.0 Å². The van der Waals surface area contributed by atoms with Crippen molar-refractivity contribution in [2.24, 2.45) is 0 Å². The number of hydrogen-bond donors (Lipinski definition) is 1. The summed E-state index contributed by atoms with van der Waals surface area (Å²) >= 11 is 1.67. The van der Waals surface area contributed by atoms with Crippen molar-refractivity contribution in [2.45, 2.75) is 30.7 Å². The summed E-state index contributed by atoms with van der Waals surface area (Å²) in [6.07, 6.45) is 1.96. The van der Waals surface area contributed by atoms with Crippen molar-refractivity contribution < 1.29 is 17.9 Å². The quantitative estimate of drug-likeness (QED) is 0.686. The summed E-state index contributed by atoms with van der Waals surface area (Å²) < 4.78 is 31.9. The number of benzene rings is 1. The molecule has 1 amide bonds. The zero-order valence-corrected chi connectivity index (χ0v) is 18.6. The lowest BCUT2D eigenvalue weighted by atomic mass is 10.2. The third-order valence-corrected chi connectivity index (χ3v) is 7.70. The van der Waals surface area contributed by atoms with Crippen LogP contribution in [0.5, 0.6) is 5.75 Å².